The Morgan fingerprint density at radius 1 is 1.43 bits per heavy atom. The highest BCUT2D eigenvalue weighted by atomic mass is 35.5. The first-order chi connectivity index (χ1) is 9.29. The minimum Gasteiger partial charge on any atom is -0.325 e. The smallest absolute Gasteiger partial charge is 0.241 e. The normalized spacial score (nSPS) is 13.4. The van der Waals surface area contributed by atoms with Gasteiger partial charge < -0.3 is 11.1 Å². The van der Waals surface area contributed by atoms with Crippen LogP contribution < -0.4 is 11.1 Å². The molecule has 7 heteroatoms. The van der Waals surface area contributed by atoms with Gasteiger partial charge in [-0.05, 0) is 36.1 Å². The SMILES string of the molecule is CC(C)C[C@H](N)C(=O)Nc1ccc(Cl)c(CS(C)=O)c1.Cl. The zero-order valence-electron chi connectivity index (χ0n) is 12.4. The predicted molar refractivity (Wildman–Crippen MR) is 92.5 cm³/mol. The molecule has 0 aromatic heterocycles. The molecule has 1 rings (SSSR count). The number of nitrogens with two attached hydrogens (primary N) is 1. The average Bonchev–Trinajstić information content (AvgIpc) is 2.31. The Hall–Kier alpha value is -0.620. The first kappa shape index (κ1) is 20.4. The van der Waals surface area contributed by atoms with E-state index >= 15 is 0 Å². The molecule has 1 aromatic rings. The van der Waals surface area contributed by atoms with Gasteiger partial charge in [0, 0.05) is 33.5 Å². The molecule has 0 aliphatic heterocycles. The summed E-state index contributed by atoms with van der Waals surface area (Å²) in [6, 6.07) is 4.61. The molecule has 21 heavy (non-hydrogen) atoms. The maximum absolute atomic E-state index is 11.9. The van der Waals surface area contributed by atoms with E-state index in [1.165, 1.54) is 0 Å². The van der Waals surface area contributed by atoms with Crippen LogP contribution in [0.3, 0.4) is 0 Å². The van der Waals surface area contributed by atoms with E-state index < -0.39 is 16.8 Å². The summed E-state index contributed by atoms with van der Waals surface area (Å²) in [5.41, 5.74) is 7.20. The number of carbonyl (C=O) groups is 1. The van der Waals surface area contributed by atoms with E-state index in [1.807, 2.05) is 13.8 Å². The van der Waals surface area contributed by atoms with Crippen molar-refractivity contribution >= 4 is 46.4 Å². The summed E-state index contributed by atoms with van der Waals surface area (Å²) in [4.78, 5) is 11.9. The number of anilines is 1. The highest BCUT2D eigenvalue weighted by molar-refractivity contribution is 7.83. The van der Waals surface area contributed by atoms with Gasteiger partial charge in [0.25, 0.3) is 0 Å². The Kier molecular flexibility index (Phi) is 9.13. The Morgan fingerprint density at radius 2 is 2.05 bits per heavy atom. The first-order valence-corrected chi connectivity index (χ1v) is 8.55. The summed E-state index contributed by atoms with van der Waals surface area (Å²) in [7, 11) is -0.986. The molecule has 0 saturated carbocycles. The number of halogens is 2. The van der Waals surface area contributed by atoms with E-state index in [-0.39, 0.29) is 18.3 Å². The van der Waals surface area contributed by atoms with Crippen molar-refractivity contribution in [1.82, 2.24) is 0 Å². The van der Waals surface area contributed by atoms with Crippen LogP contribution in [0, 0.1) is 5.92 Å². The lowest BCUT2D eigenvalue weighted by Crippen LogP contribution is -2.36. The quantitative estimate of drug-likeness (QED) is 0.826. The standard InChI is InChI=1S/C14H21ClN2O2S.ClH/c1-9(2)6-13(16)14(18)17-11-4-5-12(15)10(7-11)8-20(3)19;/h4-5,7,9,13H,6,8,16H2,1-3H3,(H,17,18);1H/t13-,20?;/m0./s1. The molecule has 120 valence electrons. The van der Waals surface area contributed by atoms with Crippen molar-refractivity contribution < 1.29 is 9.00 Å². The van der Waals surface area contributed by atoms with E-state index in [2.05, 4.69) is 5.32 Å². The molecular formula is C14H22Cl2N2O2S. The summed E-state index contributed by atoms with van der Waals surface area (Å²) in [5.74, 6) is 0.504. The van der Waals surface area contributed by atoms with Crippen LogP contribution in [0.1, 0.15) is 25.8 Å². The Morgan fingerprint density at radius 3 is 2.57 bits per heavy atom. The van der Waals surface area contributed by atoms with E-state index in [9.17, 15) is 9.00 Å². The van der Waals surface area contributed by atoms with Crippen molar-refractivity contribution in [1.29, 1.82) is 0 Å². The molecule has 0 bridgehead atoms. The molecule has 0 aliphatic carbocycles. The molecule has 0 aliphatic rings. The Labute approximate surface area is 139 Å². The van der Waals surface area contributed by atoms with Gasteiger partial charge in [-0.15, -0.1) is 12.4 Å². The molecule has 3 N–H and O–H groups in total. The van der Waals surface area contributed by atoms with E-state index in [1.54, 1.807) is 24.5 Å². The monoisotopic (exact) mass is 352 g/mol. The number of benzene rings is 1. The van der Waals surface area contributed by atoms with Gasteiger partial charge in [-0.25, -0.2) is 0 Å². The largest absolute Gasteiger partial charge is 0.325 e. The molecule has 4 nitrogen and oxygen atoms in total. The lowest BCUT2D eigenvalue weighted by Gasteiger charge is -2.15. The van der Waals surface area contributed by atoms with Crippen LogP contribution in [0.2, 0.25) is 5.02 Å². The predicted octanol–water partition coefficient (Wildman–Crippen LogP) is 2.95. The van der Waals surface area contributed by atoms with Crippen LogP contribution >= 0.6 is 24.0 Å². The fourth-order valence-corrected chi connectivity index (χ4v) is 2.77. The van der Waals surface area contributed by atoms with Crippen LogP contribution in [0.5, 0.6) is 0 Å². The number of hydrogen-bond donors (Lipinski definition) is 2. The van der Waals surface area contributed by atoms with Gasteiger partial charge in [-0.2, -0.15) is 0 Å². The van der Waals surface area contributed by atoms with Crippen molar-refractivity contribution in [2.75, 3.05) is 11.6 Å². The van der Waals surface area contributed by atoms with Crippen LogP contribution in [0.25, 0.3) is 0 Å². The van der Waals surface area contributed by atoms with Gasteiger partial charge in [0.05, 0.1) is 6.04 Å². The average molecular weight is 353 g/mol. The topological polar surface area (TPSA) is 72.2 Å². The van der Waals surface area contributed by atoms with E-state index in [4.69, 9.17) is 17.3 Å². The minimum atomic E-state index is -0.986. The molecule has 0 radical (unpaired) electrons. The molecular weight excluding hydrogens is 331 g/mol. The number of carbonyl (C=O) groups excluding carboxylic acids is 1. The molecule has 1 unspecified atom stereocenters. The summed E-state index contributed by atoms with van der Waals surface area (Å²) in [5, 5.41) is 3.31. The van der Waals surface area contributed by atoms with Crippen LogP contribution in [0.15, 0.2) is 18.2 Å². The number of rotatable bonds is 6. The second kappa shape index (κ2) is 9.41. The van der Waals surface area contributed by atoms with Crippen molar-refractivity contribution in [2.45, 2.75) is 32.1 Å². The lowest BCUT2D eigenvalue weighted by molar-refractivity contribution is -0.117. The molecule has 0 spiro atoms. The zero-order chi connectivity index (χ0) is 15.3. The van der Waals surface area contributed by atoms with Crippen molar-refractivity contribution in [3.05, 3.63) is 28.8 Å². The van der Waals surface area contributed by atoms with Gasteiger partial charge in [0.1, 0.15) is 0 Å². The maximum Gasteiger partial charge on any atom is 0.241 e. The Balaban J connectivity index is 0.00000400. The first-order valence-electron chi connectivity index (χ1n) is 6.44. The van der Waals surface area contributed by atoms with Crippen molar-refractivity contribution in [3.8, 4) is 0 Å². The number of nitrogens with one attached hydrogen (secondary N) is 1. The number of amides is 1. The zero-order valence-corrected chi connectivity index (χ0v) is 14.8. The molecule has 0 heterocycles. The summed E-state index contributed by atoms with van der Waals surface area (Å²) in [6.07, 6.45) is 2.24. The van der Waals surface area contributed by atoms with E-state index in [0.717, 1.165) is 5.56 Å². The van der Waals surface area contributed by atoms with Gasteiger partial charge in [-0.3, -0.25) is 9.00 Å². The van der Waals surface area contributed by atoms with Gasteiger partial charge in [0.2, 0.25) is 5.91 Å². The molecule has 0 saturated heterocycles. The highest BCUT2D eigenvalue weighted by Crippen LogP contribution is 2.22. The fourth-order valence-electron chi connectivity index (χ4n) is 1.83. The molecule has 1 amide bonds. The third-order valence-corrected chi connectivity index (χ3v) is 3.82. The molecule has 2 atom stereocenters. The highest BCUT2D eigenvalue weighted by Gasteiger charge is 2.15. The van der Waals surface area contributed by atoms with Crippen molar-refractivity contribution in [3.63, 3.8) is 0 Å². The second-order valence-electron chi connectivity index (χ2n) is 5.25. The fraction of sp³-hybridized carbons (Fsp3) is 0.500. The van der Waals surface area contributed by atoms with Gasteiger partial charge >= 0.3 is 0 Å². The van der Waals surface area contributed by atoms with Gasteiger partial charge in [-0.1, -0.05) is 25.4 Å². The summed E-state index contributed by atoms with van der Waals surface area (Å²) >= 11 is 6.04. The minimum absolute atomic E-state index is 0. The van der Waals surface area contributed by atoms with Crippen LogP contribution in [-0.2, 0) is 21.3 Å². The van der Waals surface area contributed by atoms with Crippen LogP contribution in [-0.4, -0.2) is 22.4 Å². The second-order valence-corrected chi connectivity index (χ2v) is 7.09. The lowest BCUT2D eigenvalue weighted by atomic mass is 10.0. The van der Waals surface area contributed by atoms with Crippen molar-refractivity contribution in [2.24, 2.45) is 11.7 Å². The Bertz CT molecular complexity index is 510. The van der Waals surface area contributed by atoms with Gasteiger partial charge in [0.15, 0.2) is 0 Å². The maximum atomic E-state index is 11.9. The van der Waals surface area contributed by atoms with Crippen LogP contribution in [0.4, 0.5) is 5.69 Å². The third-order valence-electron chi connectivity index (χ3n) is 2.73. The molecule has 1 aromatic carbocycles. The summed E-state index contributed by atoms with van der Waals surface area (Å²) < 4.78 is 11.3. The van der Waals surface area contributed by atoms with E-state index in [0.29, 0.717) is 28.8 Å². The summed E-state index contributed by atoms with van der Waals surface area (Å²) in [6.45, 7) is 4.04. The third kappa shape index (κ3) is 7.27. The number of hydrogen-bond acceptors (Lipinski definition) is 3. The molecule has 0 fully saturated rings.